The van der Waals surface area contributed by atoms with Crippen LogP contribution in [0.25, 0.3) is 0 Å². The van der Waals surface area contributed by atoms with Gasteiger partial charge in [0.25, 0.3) is 0 Å². The lowest BCUT2D eigenvalue weighted by Gasteiger charge is -1.88. The molecule has 60 valence electrons. The molecule has 0 aliphatic heterocycles. The minimum absolute atomic E-state index is 0.297. The number of halogens is 2. The maximum atomic E-state index is 10.4. The van der Waals surface area contributed by atoms with Crippen LogP contribution in [0.15, 0.2) is 10.1 Å². The van der Waals surface area contributed by atoms with E-state index in [1.807, 2.05) is 0 Å². The molecule has 0 fully saturated rings. The number of nitrogens with zero attached hydrogens (tertiary/aromatic N) is 1. The fraction of sp³-hybridized carbons (Fsp3) is 0.333. The average Bonchev–Trinajstić information content (AvgIpc) is 2.31. The molecule has 0 radical (unpaired) electrons. The normalized spacial score (nSPS) is 10.0. The van der Waals surface area contributed by atoms with E-state index in [1.165, 1.54) is 11.3 Å². The van der Waals surface area contributed by atoms with E-state index < -0.39 is 0 Å². The van der Waals surface area contributed by atoms with Crippen LogP contribution in [0, 0.1) is 0 Å². The topological polar surface area (TPSA) is 30.0 Å². The summed E-state index contributed by atoms with van der Waals surface area (Å²) in [6.07, 6.45) is 2.82. The fourth-order valence-electron chi connectivity index (χ4n) is 0.621. The molecule has 11 heavy (non-hydrogen) atoms. The first-order valence-corrected chi connectivity index (χ1v) is 4.96. The SMILES string of the molecule is O=C(Cl)CCc1cnc(Br)s1. The molecule has 0 saturated heterocycles. The zero-order valence-electron chi connectivity index (χ0n) is 5.51. The lowest BCUT2D eigenvalue weighted by atomic mass is 10.3. The molecule has 0 saturated carbocycles. The Labute approximate surface area is 81.7 Å². The van der Waals surface area contributed by atoms with Crippen molar-refractivity contribution in [3.05, 3.63) is 15.0 Å². The van der Waals surface area contributed by atoms with Gasteiger partial charge in [0.2, 0.25) is 5.24 Å². The third kappa shape index (κ3) is 3.31. The summed E-state index contributed by atoms with van der Waals surface area (Å²) in [5.74, 6) is 0. The number of aryl methyl sites for hydroxylation is 1. The van der Waals surface area contributed by atoms with Crippen molar-refractivity contribution in [1.29, 1.82) is 0 Å². The number of rotatable bonds is 3. The molecule has 0 aliphatic rings. The average molecular weight is 255 g/mol. The third-order valence-electron chi connectivity index (χ3n) is 1.09. The molecular weight excluding hydrogens is 249 g/mol. The number of aromatic nitrogens is 1. The van der Waals surface area contributed by atoms with Crippen molar-refractivity contribution in [2.45, 2.75) is 12.8 Å². The molecule has 0 N–H and O–H groups in total. The zero-order valence-corrected chi connectivity index (χ0v) is 8.67. The van der Waals surface area contributed by atoms with Gasteiger partial charge in [-0.05, 0) is 34.0 Å². The quantitative estimate of drug-likeness (QED) is 0.776. The van der Waals surface area contributed by atoms with E-state index in [0.717, 1.165) is 8.79 Å². The second-order valence-corrected chi connectivity index (χ2v) is 4.75. The van der Waals surface area contributed by atoms with Crippen LogP contribution in [0.5, 0.6) is 0 Å². The highest BCUT2D eigenvalue weighted by Gasteiger charge is 2.01. The van der Waals surface area contributed by atoms with Gasteiger partial charge in [-0.15, -0.1) is 11.3 Å². The molecule has 0 bridgehead atoms. The number of thiazole rings is 1. The molecule has 0 amide bonds. The smallest absolute Gasteiger partial charge is 0.221 e. The monoisotopic (exact) mass is 253 g/mol. The van der Waals surface area contributed by atoms with Crippen LogP contribution in [-0.4, -0.2) is 10.2 Å². The van der Waals surface area contributed by atoms with E-state index in [9.17, 15) is 4.79 Å². The van der Waals surface area contributed by atoms with Crippen molar-refractivity contribution in [1.82, 2.24) is 4.98 Å². The first-order chi connectivity index (χ1) is 5.18. The Morgan fingerprint density at radius 2 is 2.55 bits per heavy atom. The summed E-state index contributed by atoms with van der Waals surface area (Å²) in [6, 6.07) is 0. The van der Waals surface area contributed by atoms with Crippen molar-refractivity contribution in [2.75, 3.05) is 0 Å². The van der Waals surface area contributed by atoms with Gasteiger partial charge in [-0.1, -0.05) is 0 Å². The van der Waals surface area contributed by atoms with Gasteiger partial charge in [0.15, 0.2) is 3.92 Å². The lowest BCUT2D eigenvalue weighted by Crippen LogP contribution is -1.88. The molecule has 0 unspecified atom stereocenters. The molecule has 0 spiro atoms. The number of hydrogen-bond acceptors (Lipinski definition) is 3. The van der Waals surface area contributed by atoms with Crippen LogP contribution in [0.4, 0.5) is 0 Å². The highest BCUT2D eigenvalue weighted by Crippen LogP contribution is 2.19. The molecule has 0 aliphatic carbocycles. The molecule has 0 atom stereocenters. The van der Waals surface area contributed by atoms with Crippen LogP contribution in [0.2, 0.25) is 0 Å². The van der Waals surface area contributed by atoms with E-state index in [1.54, 1.807) is 6.20 Å². The Morgan fingerprint density at radius 1 is 1.82 bits per heavy atom. The minimum atomic E-state index is -0.297. The number of carbonyl (C=O) groups is 1. The van der Waals surface area contributed by atoms with Gasteiger partial charge in [-0.3, -0.25) is 4.79 Å². The Kier molecular flexibility index (Phi) is 3.48. The summed E-state index contributed by atoms with van der Waals surface area (Å²) in [5.41, 5.74) is 0. The maximum Gasteiger partial charge on any atom is 0.221 e. The van der Waals surface area contributed by atoms with Crippen molar-refractivity contribution in [3.8, 4) is 0 Å². The Balaban J connectivity index is 2.45. The van der Waals surface area contributed by atoms with Crippen molar-refractivity contribution >= 4 is 44.1 Å². The molecule has 5 heteroatoms. The summed E-state index contributed by atoms with van der Waals surface area (Å²) in [4.78, 5) is 15.4. The lowest BCUT2D eigenvalue weighted by molar-refractivity contribution is -0.111. The summed E-state index contributed by atoms with van der Waals surface area (Å²) >= 11 is 9.92. The van der Waals surface area contributed by atoms with E-state index in [-0.39, 0.29) is 5.24 Å². The predicted octanol–water partition coefficient (Wildman–Crippen LogP) is 2.60. The van der Waals surface area contributed by atoms with Gasteiger partial charge in [0.1, 0.15) is 0 Å². The van der Waals surface area contributed by atoms with Gasteiger partial charge in [0, 0.05) is 17.5 Å². The maximum absolute atomic E-state index is 10.4. The minimum Gasteiger partial charge on any atom is -0.281 e. The largest absolute Gasteiger partial charge is 0.281 e. The highest BCUT2D eigenvalue weighted by molar-refractivity contribution is 9.11. The van der Waals surface area contributed by atoms with Gasteiger partial charge < -0.3 is 0 Å². The molecule has 1 rings (SSSR count). The van der Waals surface area contributed by atoms with Gasteiger partial charge in [-0.2, -0.15) is 0 Å². The van der Waals surface area contributed by atoms with Gasteiger partial charge in [-0.25, -0.2) is 4.98 Å². The van der Waals surface area contributed by atoms with E-state index >= 15 is 0 Å². The Hall–Kier alpha value is 0.0700. The number of carbonyl (C=O) groups excluding carboxylic acids is 1. The van der Waals surface area contributed by atoms with Crippen LogP contribution in [0.3, 0.4) is 0 Å². The second-order valence-electron chi connectivity index (χ2n) is 1.93. The van der Waals surface area contributed by atoms with Gasteiger partial charge >= 0.3 is 0 Å². The third-order valence-corrected chi connectivity index (χ3v) is 2.82. The summed E-state index contributed by atoms with van der Waals surface area (Å²) in [5, 5.41) is -0.297. The second kappa shape index (κ2) is 4.18. The molecule has 2 nitrogen and oxygen atoms in total. The van der Waals surface area contributed by atoms with Crippen molar-refractivity contribution < 1.29 is 4.79 Å². The van der Waals surface area contributed by atoms with Crippen LogP contribution < -0.4 is 0 Å². The first-order valence-electron chi connectivity index (χ1n) is 2.97. The summed E-state index contributed by atoms with van der Waals surface area (Å²) < 4.78 is 0.842. The Bertz CT molecular complexity index is 263. The summed E-state index contributed by atoms with van der Waals surface area (Å²) in [7, 11) is 0. The van der Waals surface area contributed by atoms with Crippen LogP contribution in [0.1, 0.15) is 11.3 Å². The molecule has 1 heterocycles. The molecular formula is C6H5BrClNOS. The van der Waals surface area contributed by atoms with Crippen LogP contribution >= 0.6 is 38.9 Å². The van der Waals surface area contributed by atoms with E-state index in [2.05, 4.69) is 20.9 Å². The van der Waals surface area contributed by atoms with Crippen LogP contribution in [-0.2, 0) is 11.2 Å². The molecule has 0 aromatic carbocycles. The zero-order chi connectivity index (χ0) is 8.27. The standard InChI is InChI=1S/C6H5BrClNOS/c7-6-9-3-4(11-6)1-2-5(8)10/h3H,1-2H2. The fourth-order valence-corrected chi connectivity index (χ4v) is 2.07. The molecule has 1 aromatic heterocycles. The van der Waals surface area contributed by atoms with Gasteiger partial charge in [0.05, 0.1) is 0 Å². The number of hydrogen-bond donors (Lipinski definition) is 0. The summed E-state index contributed by atoms with van der Waals surface area (Å²) in [6.45, 7) is 0. The predicted molar refractivity (Wildman–Crippen MR) is 49.0 cm³/mol. The molecule has 1 aromatic rings. The van der Waals surface area contributed by atoms with E-state index in [0.29, 0.717) is 12.8 Å². The van der Waals surface area contributed by atoms with E-state index in [4.69, 9.17) is 11.6 Å². The Morgan fingerprint density at radius 3 is 3.00 bits per heavy atom. The van der Waals surface area contributed by atoms with Crippen molar-refractivity contribution in [3.63, 3.8) is 0 Å². The van der Waals surface area contributed by atoms with Crippen molar-refractivity contribution in [2.24, 2.45) is 0 Å². The first kappa shape index (κ1) is 9.16. The highest BCUT2D eigenvalue weighted by atomic mass is 79.9.